The first kappa shape index (κ1) is 19.0. The molecule has 0 unspecified atom stereocenters. The number of hydrogen-bond acceptors (Lipinski definition) is 2. The van der Waals surface area contributed by atoms with Gasteiger partial charge in [-0.3, -0.25) is 9.48 Å². The Labute approximate surface area is 171 Å². The van der Waals surface area contributed by atoms with Gasteiger partial charge in [0.2, 0.25) is 0 Å². The lowest BCUT2D eigenvalue weighted by Crippen LogP contribution is -2.24. The summed E-state index contributed by atoms with van der Waals surface area (Å²) in [6, 6.07) is 18.4. The number of amides is 1. The molecule has 5 heteroatoms. The van der Waals surface area contributed by atoms with Crippen LogP contribution in [0.25, 0.3) is 10.9 Å². The number of fused-ring (bicyclic) bond motifs is 1. The van der Waals surface area contributed by atoms with Crippen LogP contribution in [0.4, 0.5) is 0 Å². The van der Waals surface area contributed by atoms with Crippen LogP contribution in [-0.2, 0) is 19.6 Å². The van der Waals surface area contributed by atoms with Gasteiger partial charge in [0.25, 0.3) is 5.91 Å². The highest BCUT2D eigenvalue weighted by Gasteiger charge is 2.14. The number of carbonyl (C=O) groups is 1. The summed E-state index contributed by atoms with van der Waals surface area (Å²) in [5, 5.41) is 8.39. The maximum atomic E-state index is 12.7. The summed E-state index contributed by atoms with van der Waals surface area (Å²) in [7, 11) is 0. The van der Waals surface area contributed by atoms with E-state index in [9.17, 15) is 4.79 Å². The van der Waals surface area contributed by atoms with Gasteiger partial charge in [-0.2, -0.15) is 5.10 Å². The van der Waals surface area contributed by atoms with E-state index >= 15 is 0 Å². The molecule has 1 amide bonds. The van der Waals surface area contributed by atoms with Crippen LogP contribution in [0.15, 0.2) is 60.8 Å². The van der Waals surface area contributed by atoms with E-state index in [0.29, 0.717) is 12.1 Å². The van der Waals surface area contributed by atoms with Crippen molar-refractivity contribution in [3.63, 3.8) is 0 Å². The SMILES string of the molecule is CCn1nccc1CNC(=O)c1ccc2c(c1)c(C)c(C)n2Cc1ccccc1. The third kappa shape index (κ3) is 3.68. The summed E-state index contributed by atoms with van der Waals surface area (Å²) in [5.41, 5.74) is 6.55. The largest absolute Gasteiger partial charge is 0.346 e. The number of benzene rings is 2. The van der Waals surface area contributed by atoms with E-state index in [2.05, 4.69) is 59.2 Å². The molecule has 5 nitrogen and oxygen atoms in total. The normalized spacial score (nSPS) is 11.1. The van der Waals surface area contributed by atoms with Crippen molar-refractivity contribution in [1.29, 1.82) is 0 Å². The second-order valence-electron chi connectivity index (χ2n) is 7.34. The van der Waals surface area contributed by atoms with E-state index in [4.69, 9.17) is 0 Å². The minimum absolute atomic E-state index is 0.0661. The Morgan fingerprint density at radius 2 is 1.86 bits per heavy atom. The highest BCUT2D eigenvalue weighted by atomic mass is 16.1. The van der Waals surface area contributed by atoms with Crippen molar-refractivity contribution < 1.29 is 4.79 Å². The van der Waals surface area contributed by atoms with Gasteiger partial charge in [0, 0.05) is 41.4 Å². The van der Waals surface area contributed by atoms with Crippen LogP contribution in [-0.4, -0.2) is 20.3 Å². The molecule has 2 aromatic carbocycles. The van der Waals surface area contributed by atoms with Gasteiger partial charge in [-0.25, -0.2) is 0 Å². The Bertz CT molecular complexity index is 1150. The van der Waals surface area contributed by atoms with Crippen LogP contribution >= 0.6 is 0 Å². The molecular formula is C24H26N4O. The van der Waals surface area contributed by atoms with Gasteiger partial charge < -0.3 is 9.88 Å². The van der Waals surface area contributed by atoms with Crippen LogP contribution in [0.5, 0.6) is 0 Å². The lowest BCUT2D eigenvalue weighted by Gasteiger charge is -2.10. The fraction of sp³-hybridized carbons (Fsp3) is 0.250. The molecule has 0 saturated carbocycles. The molecule has 0 aliphatic carbocycles. The van der Waals surface area contributed by atoms with Crippen molar-refractivity contribution in [2.75, 3.05) is 0 Å². The Morgan fingerprint density at radius 1 is 1.07 bits per heavy atom. The van der Waals surface area contributed by atoms with E-state index in [1.165, 1.54) is 16.8 Å². The highest BCUT2D eigenvalue weighted by Crippen LogP contribution is 2.27. The topological polar surface area (TPSA) is 51.9 Å². The summed E-state index contributed by atoms with van der Waals surface area (Å²) >= 11 is 0. The molecule has 4 rings (SSSR count). The first-order chi connectivity index (χ1) is 14.1. The predicted molar refractivity (Wildman–Crippen MR) is 116 cm³/mol. The standard InChI is InChI=1S/C24H26N4O/c1-4-28-21(12-13-26-28)15-25-24(29)20-10-11-23-22(14-20)17(2)18(3)27(23)16-19-8-6-5-7-9-19/h5-14H,4,15-16H2,1-3H3,(H,25,29). The maximum absolute atomic E-state index is 12.7. The van der Waals surface area contributed by atoms with Crippen LogP contribution in [0, 0.1) is 13.8 Å². The van der Waals surface area contributed by atoms with Gasteiger partial charge in [0.1, 0.15) is 0 Å². The van der Waals surface area contributed by atoms with Gasteiger partial charge in [-0.05, 0) is 56.2 Å². The van der Waals surface area contributed by atoms with E-state index in [1.807, 2.05) is 35.9 Å². The van der Waals surface area contributed by atoms with Gasteiger partial charge >= 0.3 is 0 Å². The van der Waals surface area contributed by atoms with E-state index < -0.39 is 0 Å². The van der Waals surface area contributed by atoms with Gasteiger partial charge in [0.15, 0.2) is 0 Å². The molecule has 0 atom stereocenters. The van der Waals surface area contributed by atoms with Crippen molar-refractivity contribution in [2.24, 2.45) is 0 Å². The Hall–Kier alpha value is -3.34. The number of hydrogen-bond donors (Lipinski definition) is 1. The molecule has 29 heavy (non-hydrogen) atoms. The first-order valence-corrected chi connectivity index (χ1v) is 10.0. The number of aromatic nitrogens is 3. The van der Waals surface area contributed by atoms with Crippen LogP contribution < -0.4 is 5.32 Å². The molecule has 0 saturated heterocycles. The second-order valence-corrected chi connectivity index (χ2v) is 7.34. The molecule has 2 aromatic heterocycles. The van der Waals surface area contributed by atoms with Gasteiger partial charge in [0.05, 0.1) is 12.2 Å². The summed E-state index contributed by atoms with van der Waals surface area (Å²) in [6.07, 6.45) is 1.76. The summed E-state index contributed by atoms with van der Waals surface area (Å²) < 4.78 is 4.21. The fourth-order valence-electron chi connectivity index (χ4n) is 3.83. The molecular weight excluding hydrogens is 360 g/mol. The molecule has 0 aliphatic heterocycles. The van der Waals surface area contributed by atoms with Crippen LogP contribution in [0.3, 0.4) is 0 Å². The monoisotopic (exact) mass is 386 g/mol. The quantitative estimate of drug-likeness (QED) is 0.532. The highest BCUT2D eigenvalue weighted by molar-refractivity contribution is 5.99. The second kappa shape index (κ2) is 7.95. The van der Waals surface area contributed by atoms with Gasteiger partial charge in [-0.1, -0.05) is 30.3 Å². The summed E-state index contributed by atoms with van der Waals surface area (Å²) in [6.45, 7) is 8.39. The van der Waals surface area contributed by atoms with Crippen molar-refractivity contribution in [3.8, 4) is 0 Å². The zero-order chi connectivity index (χ0) is 20.4. The Morgan fingerprint density at radius 3 is 2.62 bits per heavy atom. The van der Waals surface area contributed by atoms with E-state index in [1.54, 1.807) is 6.20 Å². The van der Waals surface area contributed by atoms with Crippen molar-refractivity contribution in [1.82, 2.24) is 19.7 Å². The van der Waals surface area contributed by atoms with E-state index in [0.717, 1.165) is 29.7 Å². The third-order valence-corrected chi connectivity index (χ3v) is 5.62. The molecule has 0 fully saturated rings. The Balaban J connectivity index is 1.59. The molecule has 4 aromatic rings. The molecule has 2 heterocycles. The molecule has 0 spiro atoms. The van der Waals surface area contributed by atoms with Crippen LogP contribution in [0.2, 0.25) is 0 Å². The zero-order valence-electron chi connectivity index (χ0n) is 17.1. The Kier molecular flexibility index (Phi) is 5.21. The fourth-order valence-corrected chi connectivity index (χ4v) is 3.83. The lowest BCUT2D eigenvalue weighted by atomic mass is 10.1. The summed E-state index contributed by atoms with van der Waals surface area (Å²) in [5.74, 6) is -0.0661. The molecule has 1 N–H and O–H groups in total. The summed E-state index contributed by atoms with van der Waals surface area (Å²) in [4.78, 5) is 12.7. The van der Waals surface area contributed by atoms with Crippen molar-refractivity contribution in [3.05, 3.63) is 88.9 Å². The van der Waals surface area contributed by atoms with Crippen molar-refractivity contribution >= 4 is 16.8 Å². The molecule has 0 radical (unpaired) electrons. The molecule has 148 valence electrons. The minimum Gasteiger partial charge on any atom is -0.346 e. The number of nitrogens with one attached hydrogen (secondary N) is 1. The number of aryl methyl sites for hydroxylation is 2. The smallest absolute Gasteiger partial charge is 0.251 e. The lowest BCUT2D eigenvalue weighted by molar-refractivity contribution is 0.0950. The average molecular weight is 386 g/mol. The first-order valence-electron chi connectivity index (χ1n) is 10.0. The van der Waals surface area contributed by atoms with E-state index in [-0.39, 0.29) is 5.91 Å². The maximum Gasteiger partial charge on any atom is 0.251 e. The molecule has 0 aliphatic rings. The van der Waals surface area contributed by atoms with Gasteiger partial charge in [-0.15, -0.1) is 0 Å². The number of rotatable bonds is 6. The molecule has 0 bridgehead atoms. The third-order valence-electron chi connectivity index (χ3n) is 5.62. The predicted octanol–water partition coefficient (Wildman–Crippen LogP) is 4.45. The number of nitrogens with zero attached hydrogens (tertiary/aromatic N) is 3. The van der Waals surface area contributed by atoms with Crippen LogP contribution in [0.1, 0.15) is 39.8 Å². The average Bonchev–Trinajstić information content (AvgIpc) is 3.31. The minimum atomic E-state index is -0.0661. The zero-order valence-corrected chi connectivity index (χ0v) is 17.1. The number of carbonyl (C=O) groups excluding carboxylic acids is 1. The van der Waals surface area contributed by atoms with Crippen molar-refractivity contribution in [2.45, 2.75) is 40.4 Å².